The summed E-state index contributed by atoms with van der Waals surface area (Å²) in [5.74, 6) is 0.785. The van der Waals surface area contributed by atoms with Crippen LogP contribution in [-0.4, -0.2) is 30.0 Å². The van der Waals surface area contributed by atoms with Gasteiger partial charge >= 0.3 is 6.09 Å². The Hall–Kier alpha value is -1.75. The van der Waals surface area contributed by atoms with Crippen LogP contribution in [0.5, 0.6) is 5.75 Å². The molecule has 5 heteroatoms. The third-order valence-electron chi connectivity index (χ3n) is 2.61. The molecule has 0 aliphatic heterocycles. The number of amides is 1. The summed E-state index contributed by atoms with van der Waals surface area (Å²) in [6.45, 7) is 6.71. The number of hydrogen-bond acceptors (Lipinski definition) is 4. The Morgan fingerprint density at radius 2 is 1.86 bits per heavy atom. The average molecular weight is 295 g/mol. The van der Waals surface area contributed by atoms with Crippen LogP contribution in [0.4, 0.5) is 4.79 Å². The van der Waals surface area contributed by atoms with Crippen molar-refractivity contribution in [2.24, 2.45) is 0 Å². The fraction of sp³-hybridized carbons (Fsp3) is 0.562. The number of unbranched alkanes of at least 4 members (excludes halogenated alkanes) is 1. The number of aliphatic hydroxyl groups is 1. The number of alkyl carbamates (subject to hydrolysis) is 1. The molecule has 0 aromatic heterocycles. The van der Waals surface area contributed by atoms with Gasteiger partial charge in [-0.25, -0.2) is 4.79 Å². The van der Waals surface area contributed by atoms with Gasteiger partial charge in [-0.05, 0) is 51.3 Å². The maximum atomic E-state index is 11.4. The Kier molecular flexibility index (Phi) is 7.02. The van der Waals surface area contributed by atoms with Gasteiger partial charge in [0.15, 0.2) is 0 Å². The number of benzene rings is 1. The molecule has 21 heavy (non-hydrogen) atoms. The maximum Gasteiger partial charge on any atom is 0.407 e. The summed E-state index contributed by atoms with van der Waals surface area (Å²) in [7, 11) is 0. The van der Waals surface area contributed by atoms with E-state index in [2.05, 4.69) is 5.32 Å². The predicted octanol–water partition coefficient (Wildman–Crippen LogP) is 2.86. The van der Waals surface area contributed by atoms with Crippen LogP contribution in [-0.2, 0) is 11.3 Å². The summed E-state index contributed by atoms with van der Waals surface area (Å²) < 4.78 is 10.7. The van der Waals surface area contributed by atoms with Crippen LogP contribution in [0.15, 0.2) is 24.3 Å². The normalized spacial score (nSPS) is 11.0. The van der Waals surface area contributed by atoms with Crippen LogP contribution in [0.25, 0.3) is 0 Å². The Balaban J connectivity index is 2.07. The van der Waals surface area contributed by atoms with E-state index in [1.54, 1.807) is 0 Å². The predicted molar refractivity (Wildman–Crippen MR) is 81.3 cm³/mol. The molecule has 118 valence electrons. The van der Waals surface area contributed by atoms with Gasteiger partial charge in [-0.3, -0.25) is 0 Å². The molecule has 0 aliphatic rings. The zero-order valence-electron chi connectivity index (χ0n) is 13.0. The Morgan fingerprint density at radius 3 is 2.43 bits per heavy atom. The summed E-state index contributed by atoms with van der Waals surface area (Å²) >= 11 is 0. The van der Waals surface area contributed by atoms with E-state index in [0.29, 0.717) is 13.2 Å². The van der Waals surface area contributed by atoms with E-state index in [4.69, 9.17) is 14.6 Å². The van der Waals surface area contributed by atoms with Crippen molar-refractivity contribution in [2.75, 3.05) is 13.2 Å². The Morgan fingerprint density at radius 1 is 1.19 bits per heavy atom. The van der Waals surface area contributed by atoms with E-state index >= 15 is 0 Å². The molecular formula is C16H25NO4. The minimum Gasteiger partial charge on any atom is -0.494 e. The molecule has 0 saturated carbocycles. The lowest BCUT2D eigenvalue weighted by Gasteiger charge is -2.19. The van der Waals surface area contributed by atoms with Gasteiger partial charge in [-0.1, -0.05) is 12.1 Å². The highest BCUT2D eigenvalue weighted by atomic mass is 16.6. The molecule has 1 amide bonds. The fourth-order valence-electron chi connectivity index (χ4n) is 1.61. The van der Waals surface area contributed by atoms with Crippen molar-refractivity contribution in [1.82, 2.24) is 5.32 Å². The molecule has 0 aliphatic carbocycles. The van der Waals surface area contributed by atoms with E-state index < -0.39 is 5.60 Å². The van der Waals surface area contributed by atoms with Crippen LogP contribution >= 0.6 is 0 Å². The number of nitrogens with one attached hydrogen (secondary N) is 1. The molecule has 0 unspecified atom stereocenters. The largest absolute Gasteiger partial charge is 0.494 e. The van der Waals surface area contributed by atoms with E-state index in [0.717, 1.165) is 24.2 Å². The average Bonchev–Trinajstić information content (AvgIpc) is 2.41. The van der Waals surface area contributed by atoms with Crippen LogP contribution in [0.2, 0.25) is 0 Å². The number of rotatable bonds is 7. The van der Waals surface area contributed by atoms with Gasteiger partial charge in [0.05, 0.1) is 13.2 Å². The topological polar surface area (TPSA) is 67.8 Å². The minimum atomic E-state index is -0.464. The molecule has 1 aromatic rings. The van der Waals surface area contributed by atoms with Crippen LogP contribution < -0.4 is 10.1 Å². The number of carbonyl (C=O) groups is 1. The lowest BCUT2D eigenvalue weighted by atomic mass is 10.2. The summed E-state index contributed by atoms with van der Waals surface area (Å²) in [6.07, 6.45) is 1.29. The molecule has 0 atom stereocenters. The van der Waals surface area contributed by atoms with Crippen molar-refractivity contribution in [3.05, 3.63) is 29.8 Å². The summed E-state index contributed by atoms with van der Waals surface area (Å²) in [6, 6.07) is 7.34. The Bertz CT molecular complexity index is 423. The van der Waals surface area contributed by atoms with Gasteiger partial charge in [0.2, 0.25) is 0 Å². The second-order valence-corrected chi connectivity index (χ2v) is 5.79. The number of aliphatic hydroxyl groups excluding tert-OH is 1. The van der Waals surface area contributed by atoms with Crippen LogP contribution in [0.3, 0.4) is 0 Å². The van der Waals surface area contributed by atoms with Crippen LogP contribution in [0.1, 0.15) is 39.2 Å². The number of carbonyl (C=O) groups excluding carboxylic acids is 1. The summed E-state index contributed by atoms with van der Waals surface area (Å²) in [5.41, 5.74) is 0.400. The molecule has 5 nitrogen and oxygen atoms in total. The molecule has 0 spiro atoms. The lowest BCUT2D eigenvalue weighted by Crippen LogP contribution is -2.33. The highest BCUT2D eigenvalue weighted by molar-refractivity contribution is 5.67. The van der Waals surface area contributed by atoms with Crippen molar-refractivity contribution in [2.45, 2.75) is 45.8 Å². The van der Waals surface area contributed by atoms with Crippen molar-refractivity contribution in [1.29, 1.82) is 0 Å². The van der Waals surface area contributed by atoms with Gasteiger partial charge in [-0.2, -0.15) is 0 Å². The molecule has 0 radical (unpaired) electrons. The molecule has 0 fully saturated rings. The van der Waals surface area contributed by atoms with Gasteiger partial charge < -0.3 is 19.9 Å². The van der Waals surface area contributed by atoms with E-state index in [1.807, 2.05) is 45.0 Å². The number of ether oxygens (including phenoxy) is 2. The van der Waals surface area contributed by atoms with Crippen LogP contribution in [0, 0.1) is 0 Å². The van der Waals surface area contributed by atoms with Gasteiger partial charge in [-0.15, -0.1) is 0 Å². The quantitative estimate of drug-likeness (QED) is 0.759. The third kappa shape index (κ3) is 8.19. The van der Waals surface area contributed by atoms with Crippen molar-refractivity contribution in [3.8, 4) is 5.75 Å². The standard InChI is InChI=1S/C16H25NO4/c1-16(2,3)21-15(19)17-10-4-5-11-20-14-8-6-13(12-18)7-9-14/h6-9,18H,4-5,10-12H2,1-3H3,(H,17,19). The first-order valence-corrected chi connectivity index (χ1v) is 7.20. The molecule has 0 bridgehead atoms. The van der Waals surface area contributed by atoms with Gasteiger partial charge in [0, 0.05) is 6.54 Å². The second-order valence-electron chi connectivity index (χ2n) is 5.79. The Labute approximate surface area is 126 Å². The molecular weight excluding hydrogens is 270 g/mol. The zero-order valence-corrected chi connectivity index (χ0v) is 13.0. The lowest BCUT2D eigenvalue weighted by molar-refractivity contribution is 0.0526. The van der Waals surface area contributed by atoms with E-state index in [-0.39, 0.29) is 12.7 Å². The summed E-state index contributed by atoms with van der Waals surface area (Å²) in [5, 5.41) is 11.6. The van der Waals surface area contributed by atoms with Gasteiger partial charge in [0.1, 0.15) is 11.4 Å². The monoisotopic (exact) mass is 295 g/mol. The highest BCUT2D eigenvalue weighted by Gasteiger charge is 2.15. The number of hydrogen-bond donors (Lipinski definition) is 2. The molecule has 0 heterocycles. The van der Waals surface area contributed by atoms with Crippen molar-refractivity contribution in [3.63, 3.8) is 0 Å². The molecule has 2 N–H and O–H groups in total. The zero-order chi connectivity index (χ0) is 15.7. The smallest absolute Gasteiger partial charge is 0.407 e. The first-order chi connectivity index (χ1) is 9.90. The molecule has 1 aromatic carbocycles. The van der Waals surface area contributed by atoms with Crippen molar-refractivity contribution < 1.29 is 19.4 Å². The molecule has 1 rings (SSSR count). The molecule has 0 saturated heterocycles. The highest BCUT2D eigenvalue weighted by Crippen LogP contribution is 2.12. The maximum absolute atomic E-state index is 11.4. The van der Waals surface area contributed by atoms with Crippen molar-refractivity contribution >= 4 is 6.09 Å². The first-order valence-electron chi connectivity index (χ1n) is 7.20. The third-order valence-corrected chi connectivity index (χ3v) is 2.61. The first kappa shape index (κ1) is 17.3. The fourth-order valence-corrected chi connectivity index (χ4v) is 1.61. The second kappa shape index (κ2) is 8.52. The minimum absolute atomic E-state index is 0.0383. The summed E-state index contributed by atoms with van der Waals surface area (Å²) in [4.78, 5) is 11.4. The van der Waals surface area contributed by atoms with E-state index in [1.165, 1.54) is 0 Å². The van der Waals surface area contributed by atoms with Gasteiger partial charge in [0.25, 0.3) is 0 Å². The SMILES string of the molecule is CC(C)(C)OC(=O)NCCCCOc1ccc(CO)cc1. The van der Waals surface area contributed by atoms with E-state index in [9.17, 15) is 4.79 Å².